The molecule has 0 unspecified atom stereocenters. The Bertz CT molecular complexity index is 222. The van der Waals surface area contributed by atoms with Crippen LogP contribution in [0.4, 0.5) is 5.82 Å². The second-order valence-electron chi connectivity index (χ2n) is 1.59. The second-order valence-corrected chi connectivity index (χ2v) is 2.03. The lowest BCUT2D eigenvalue weighted by atomic mass is 10.5. The zero-order chi connectivity index (χ0) is 7.40. The van der Waals surface area contributed by atoms with Gasteiger partial charge in [0, 0.05) is 6.20 Å². The highest BCUT2D eigenvalue weighted by Gasteiger charge is 1.90. The maximum atomic E-state index is 9.75. The Balaban J connectivity index is 2.78. The van der Waals surface area contributed by atoms with Gasteiger partial charge in [-0.2, -0.15) is 0 Å². The maximum absolute atomic E-state index is 9.75. The van der Waals surface area contributed by atoms with E-state index in [0.717, 1.165) is 0 Å². The summed E-state index contributed by atoms with van der Waals surface area (Å²) in [7, 11) is 0. The predicted octanol–water partition coefficient (Wildman–Crippen LogP) is 1.21. The van der Waals surface area contributed by atoms with Crippen LogP contribution in [-0.4, -0.2) is 11.4 Å². The SMILES string of the molecule is O=[C]Nc1ccc(Cl)cn1. The molecule has 1 aromatic heterocycles. The van der Waals surface area contributed by atoms with Gasteiger partial charge in [-0.25, -0.2) is 4.98 Å². The largest absolute Gasteiger partial charge is 0.315 e. The van der Waals surface area contributed by atoms with Crippen LogP contribution in [0.5, 0.6) is 0 Å². The molecule has 0 atom stereocenters. The normalized spacial score (nSPS) is 8.90. The van der Waals surface area contributed by atoms with Crippen LogP contribution in [0, 0.1) is 0 Å². The van der Waals surface area contributed by atoms with Crippen LogP contribution in [0.25, 0.3) is 0 Å². The topological polar surface area (TPSA) is 42.0 Å². The van der Waals surface area contributed by atoms with E-state index in [4.69, 9.17) is 11.6 Å². The molecule has 1 amide bonds. The molecule has 0 aromatic carbocycles. The minimum Gasteiger partial charge on any atom is -0.302 e. The van der Waals surface area contributed by atoms with Gasteiger partial charge in [0.1, 0.15) is 5.82 Å². The first-order chi connectivity index (χ1) is 4.83. The fourth-order valence-corrected chi connectivity index (χ4v) is 0.614. The van der Waals surface area contributed by atoms with Gasteiger partial charge >= 0.3 is 6.41 Å². The molecule has 0 aliphatic rings. The van der Waals surface area contributed by atoms with E-state index in [1.54, 1.807) is 12.1 Å². The molecule has 0 bridgehead atoms. The van der Waals surface area contributed by atoms with Crippen LogP contribution in [0.1, 0.15) is 0 Å². The highest BCUT2D eigenvalue weighted by molar-refractivity contribution is 6.30. The van der Waals surface area contributed by atoms with E-state index in [2.05, 4.69) is 10.3 Å². The summed E-state index contributed by atoms with van der Waals surface area (Å²) in [5, 5.41) is 2.80. The molecule has 0 aliphatic heterocycles. The third-order valence-corrected chi connectivity index (χ3v) is 1.13. The molecule has 0 saturated heterocycles. The summed E-state index contributed by atoms with van der Waals surface area (Å²) in [6.45, 7) is 0. The monoisotopic (exact) mass is 155 g/mol. The van der Waals surface area contributed by atoms with Crippen molar-refractivity contribution in [2.24, 2.45) is 0 Å². The Morgan fingerprint density at radius 3 is 2.90 bits per heavy atom. The van der Waals surface area contributed by atoms with Crippen LogP contribution in [0.3, 0.4) is 0 Å². The molecule has 10 heavy (non-hydrogen) atoms. The van der Waals surface area contributed by atoms with E-state index in [1.165, 1.54) is 12.6 Å². The van der Waals surface area contributed by atoms with E-state index < -0.39 is 0 Å². The first-order valence-corrected chi connectivity index (χ1v) is 2.95. The first kappa shape index (κ1) is 7.02. The molecular formula is C6H4ClN2O. The molecule has 1 N–H and O–H groups in total. The van der Waals surface area contributed by atoms with Gasteiger partial charge in [-0.15, -0.1) is 0 Å². The van der Waals surface area contributed by atoms with Gasteiger partial charge in [0.05, 0.1) is 5.02 Å². The van der Waals surface area contributed by atoms with Gasteiger partial charge in [0.2, 0.25) is 0 Å². The highest BCUT2D eigenvalue weighted by atomic mass is 35.5. The summed E-state index contributed by atoms with van der Waals surface area (Å²) in [5.41, 5.74) is 0. The maximum Gasteiger partial charge on any atom is 0.315 e. The molecule has 1 radical (unpaired) electrons. The third-order valence-electron chi connectivity index (χ3n) is 0.906. The number of hydrogen-bond donors (Lipinski definition) is 1. The van der Waals surface area contributed by atoms with Crippen molar-refractivity contribution in [2.75, 3.05) is 5.32 Å². The fourth-order valence-electron chi connectivity index (χ4n) is 0.502. The number of aromatic nitrogens is 1. The minimum atomic E-state index is 0.444. The number of hydrogen-bond acceptors (Lipinski definition) is 2. The second kappa shape index (κ2) is 3.17. The number of anilines is 1. The smallest absolute Gasteiger partial charge is 0.302 e. The molecule has 3 nitrogen and oxygen atoms in total. The van der Waals surface area contributed by atoms with E-state index in [-0.39, 0.29) is 0 Å². The molecule has 1 heterocycles. The summed E-state index contributed by atoms with van der Waals surface area (Å²) >= 11 is 5.52. The van der Waals surface area contributed by atoms with Crippen molar-refractivity contribution in [3.05, 3.63) is 23.4 Å². The zero-order valence-electron chi connectivity index (χ0n) is 4.97. The van der Waals surface area contributed by atoms with Gasteiger partial charge in [-0.3, -0.25) is 4.79 Å². The molecule has 51 valence electrons. The number of amides is 1. The van der Waals surface area contributed by atoms with Crippen LogP contribution in [-0.2, 0) is 4.79 Å². The van der Waals surface area contributed by atoms with Crippen LogP contribution in [0.2, 0.25) is 5.02 Å². The average molecular weight is 156 g/mol. The van der Waals surface area contributed by atoms with Crippen molar-refractivity contribution in [1.82, 2.24) is 4.98 Å². The fraction of sp³-hybridized carbons (Fsp3) is 0. The zero-order valence-corrected chi connectivity index (χ0v) is 5.72. The van der Waals surface area contributed by atoms with Crippen molar-refractivity contribution in [3.8, 4) is 0 Å². The number of halogens is 1. The Morgan fingerprint density at radius 1 is 1.60 bits per heavy atom. The summed E-state index contributed by atoms with van der Waals surface area (Å²) in [5.74, 6) is 0.444. The summed E-state index contributed by atoms with van der Waals surface area (Å²) in [6.07, 6.45) is 2.94. The van der Waals surface area contributed by atoms with Crippen LogP contribution in [0.15, 0.2) is 18.3 Å². The predicted molar refractivity (Wildman–Crippen MR) is 38.6 cm³/mol. The van der Waals surface area contributed by atoms with Gasteiger partial charge in [-0.1, -0.05) is 11.6 Å². The first-order valence-electron chi connectivity index (χ1n) is 2.57. The van der Waals surface area contributed by atoms with Crippen molar-refractivity contribution in [2.45, 2.75) is 0 Å². The van der Waals surface area contributed by atoms with Crippen molar-refractivity contribution >= 4 is 23.8 Å². The van der Waals surface area contributed by atoms with E-state index in [0.29, 0.717) is 10.8 Å². The van der Waals surface area contributed by atoms with Crippen molar-refractivity contribution in [3.63, 3.8) is 0 Å². The molecule has 0 aliphatic carbocycles. The molecule has 1 aromatic rings. The molecular weight excluding hydrogens is 152 g/mol. The quantitative estimate of drug-likeness (QED) is 0.653. The summed E-state index contributed by atoms with van der Waals surface area (Å²) in [6, 6.07) is 3.22. The third kappa shape index (κ3) is 1.70. The summed E-state index contributed by atoms with van der Waals surface area (Å²) in [4.78, 5) is 13.5. The minimum absolute atomic E-state index is 0.444. The van der Waals surface area contributed by atoms with Crippen LogP contribution >= 0.6 is 11.6 Å². The number of nitrogens with zero attached hydrogens (tertiary/aromatic N) is 1. The standard InChI is InChI=1S/C6H4ClN2O/c7-5-1-2-6(8-3-5)9-4-10/h1-3H,(H,8,9,10). The highest BCUT2D eigenvalue weighted by Crippen LogP contribution is 2.08. The molecule has 1 rings (SSSR count). The molecule has 0 fully saturated rings. The number of pyridine rings is 1. The molecule has 4 heteroatoms. The Labute approximate surface area is 63.0 Å². The van der Waals surface area contributed by atoms with Gasteiger partial charge in [0.15, 0.2) is 0 Å². The van der Waals surface area contributed by atoms with Crippen molar-refractivity contribution < 1.29 is 4.79 Å². The lowest BCUT2D eigenvalue weighted by Crippen LogP contribution is -1.94. The Morgan fingerprint density at radius 2 is 2.40 bits per heavy atom. The summed E-state index contributed by atoms with van der Waals surface area (Å²) < 4.78 is 0. The molecule has 0 saturated carbocycles. The van der Waals surface area contributed by atoms with Gasteiger partial charge in [-0.05, 0) is 12.1 Å². The van der Waals surface area contributed by atoms with Crippen molar-refractivity contribution in [1.29, 1.82) is 0 Å². The van der Waals surface area contributed by atoms with Gasteiger partial charge < -0.3 is 5.32 Å². The lowest BCUT2D eigenvalue weighted by molar-refractivity contribution is 0.561. The average Bonchev–Trinajstić information content (AvgIpc) is 1.95. The van der Waals surface area contributed by atoms with E-state index in [1.807, 2.05) is 0 Å². The van der Waals surface area contributed by atoms with E-state index in [9.17, 15) is 4.79 Å². The Kier molecular flexibility index (Phi) is 2.23. The number of nitrogens with one attached hydrogen (secondary N) is 1. The lowest BCUT2D eigenvalue weighted by Gasteiger charge is -1.93. The van der Waals surface area contributed by atoms with Crippen LogP contribution < -0.4 is 5.32 Å². The number of carbonyl (C=O) groups excluding carboxylic acids is 1. The number of rotatable bonds is 2. The van der Waals surface area contributed by atoms with Gasteiger partial charge in [0.25, 0.3) is 0 Å². The molecule has 0 spiro atoms. The Hall–Kier alpha value is -1.09. The van der Waals surface area contributed by atoms with E-state index >= 15 is 0 Å².